The summed E-state index contributed by atoms with van der Waals surface area (Å²) in [5.41, 5.74) is 1.14. The van der Waals surface area contributed by atoms with Gasteiger partial charge in [0.2, 0.25) is 0 Å². The zero-order valence-electron chi connectivity index (χ0n) is 8.63. The highest BCUT2D eigenvalue weighted by atomic mass is 16.1. The third-order valence-corrected chi connectivity index (χ3v) is 2.35. The van der Waals surface area contributed by atoms with Crippen molar-refractivity contribution >= 4 is 0 Å². The molecule has 0 fully saturated rings. The summed E-state index contributed by atoms with van der Waals surface area (Å²) in [6.07, 6.45) is 3.01. The van der Waals surface area contributed by atoms with Gasteiger partial charge in [-0.25, -0.2) is 0 Å². The van der Waals surface area contributed by atoms with Gasteiger partial charge in [0.05, 0.1) is 6.04 Å². The van der Waals surface area contributed by atoms with Crippen molar-refractivity contribution in [1.82, 2.24) is 9.78 Å². The molecule has 1 heterocycles. The summed E-state index contributed by atoms with van der Waals surface area (Å²) in [5.74, 6) is 0. The molecule has 0 spiro atoms. The SMILES string of the molecule is CCCc1cc(=O)n(C(C)CC)[nH]1. The molecule has 74 valence electrons. The van der Waals surface area contributed by atoms with Gasteiger partial charge in [-0.15, -0.1) is 0 Å². The van der Waals surface area contributed by atoms with Gasteiger partial charge in [-0.05, 0) is 19.8 Å². The predicted octanol–water partition coefficient (Wildman–Crippen LogP) is 2.10. The first-order valence-electron chi connectivity index (χ1n) is 4.99. The highest BCUT2D eigenvalue weighted by Crippen LogP contribution is 2.06. The van der Waals surface area contributed by atoms with Crippen molar-refractivity contribution < 1.29 is 0 Å². The van der Waals surface area contributed by atoms with Crippen molar-refractivity contribution in [2.45, 2.75) is 46.1 Å². The molecule has 3 nitrogen and oxygen atoms in total. The Balaban J connectivity index is 2.89. The smallest absolute Gasteiger partial charge is 0.266 e. The molecular formula is C10H18N2O. The first-order chi connectivity index (χ1) is 6.19. The van der Waals surface area contributed by atoms with E-state index in [0.29, 0.717) is 0 Å². The third-order valence-electron chi connectivity index (χ3n) is 2.35. The molecule has 0 saturated carbocycles. The van der Waals surface area contributed by atoms with E-state index in [0.717, 1.165) is 25.0 Å². The molecule has 0 amide bonds. The first kappa shape index (κ1) is 10.1. The van der Waals surface area contributed by atoms with Crippen LogP contribution in [-0.2, 0) is 6.42 Å². The number of nitrogens with one attached hydrogen (secondary N) is 1. The van der Waals surface area contributed by atoms with Crippen LogP contribution in [0.1, 0.15) is 45.3 Å². The van der Waals surface area contributed by atoms with E-state index in [4.69, 9.17) is 0 Å². The van der Waals surface area contributed by atoms with Gasteiger partial charge < -0.3 is 0 Å². The maximum Gasteiger partial charge on any atom is 0.266 e. The molecule has 1 aromatic rings. The number of aromatic nitrogens is 2. The van der Waals surface area contributed by atoms with Crippen LogP contribution in [0, 0.1) is 0 Å². The number of hydrogen-bond donors (Lipinski definition) is 1. The number of nitrogens with zero attached hydrogens (tertiary/aromatic N) is 1. The number of rotatable bonds is 4. The van der Waals surface area contributed by atoms with E-state index in [1.807, 2.05) is 6.92 Å². The zero-order valence-corrected chi connectivity index (χ0v) is 8.63. The van der Waals surface area contributed by atoms with Crippen molar-refractivity contribution in [3.05, 3.63) is 22.1 Å². The maximum atomic E-state index is 11.4. The lowest BCUT2D eigenvalue weighted by molar-refractivity contribution is 0.461. The predicted molar refractivity (Wildman–Crippen MR) is 54.0 cm³/mol. The fraction of sp³-hybridized carbons (Fsp3) is 0.700. The van der Waals surface area contributed by atoms with Crippen molar-refractivity contribution in [2.24, 2.45) is 0 Å². The van der Waals surface area contributed by atoms with Crippen molar-refractivity contribution in [1.29, 1.82) is 0 Å². The summed E-state index contributed by atoms with van der Waals surface area (Å²) in [5, 5.41) is 3.14. The van der Waals surface area contributed by atoms with E-state index in [1.54, 1.807) is 10.7 Å². The van der Waals surface area contributed by atoms with Crippen LogP contribution in [-0.4, -0.2) is 9.78 Å². The second-order valence-electron chi connectivity index (χ2n) is 3.50. The van der Waals surface area contributed by atoms with Crippen LogP contribution in [0.25, 0.3) is 0 Å². The fourth-order valence-corrected chi connectivity index (χ4v) is 1.37. The molecule has 3 heteroatoms. The van der Waals surface area contributed by atoms with E-state index >= 15 is 0 Å². The van der Waals surface area contributed by atoms with Crippen LogP contribution in [0.4, 0.5) is 0 Å². The number of aromatic amines is 1. The van der Waals surface area contributed by atoms with Crippen LogP contribution < -0.4 is 5.56 Å². The van der Waals surface area contributed by atoms with Crippen LogP contribution in [0.15, 0.2) is 10.9 Å². The van der Waals surface area contributed by atoms with E-state index < -0.39 is 0 Å². The standard InChI is InChI=1S/C10H18N2O/c1-4-6-9-7-10(13)12(11-9)8(3)5-2/h7-8,11H,4-6H2,1-3H3. The van der Waals surface area contributed by atoms with E-state index in [1.165, 1.54) is 0 Å². The molecule has 1 aromatic heterocycles. The quantitative estimate of drug-likeness (QED) is 0.760. The van der Waals surface area contributed by atoms with Crippen LogP contribution in [0.2, 0.25) is 0 Å². The third kappa shape index (κ3) is 2.23. The normalized spacial score (nSPS) is 13.2. The van der Waals surface area contributed by atoms with Crippen LogP contribution in [0.5, 0.6) is 0 Å². The minimum absolute atomic E-state index is 0.0952. The average Bonchev–Trinajstić information content (AvgIpc) is 2.46. The largest absolute Gasteiger partial charge is 0.299 e. The summed E-state index contributed by atoms with van der Waals surface area (Å²) in [7, 11) is 0. The van der Waals surface area contributed by atoms with Crippen molar-refractivity contribution in [3.63, 3.8) is 0 Å². The van der Waals surface area contributed by atoms with Gasteiger partial charge in [0, 0.05) is 11.8 Å². The van der Waals surface area contributed by atoms with Gasteiger partial charge in [0.15, 0.2) is 0 Å². The molecule has 1 atom stereocenters. The van der Waals surface area contributed by atoms with Crippen molar-refractivity contribution in [3.8, 4) is 0 Å². The Bertz CT molecular complexity index is 311. The molecular weight excluding hydrogens is 164 g/mol. The van der Waals surface area contributed by atoms with E-state index in [-0.39, 0.29) is 11.6 Å². The summed E-state index contributed by atoms with van der Waals surface area (Å²) >= 11 is 0. The second-order valence-corrected chi connectivity index (χ2v) is 3.50. The molecule has 0 aliphatic rings. The molecule has 0 aliphatic carbocycles. The minimum atomic E-state index is 0.0952. The topological polar surface area (TPSA) is 37.8 Å². The van der Waals surface area contributed by atoms with E-state index in [2.05, 4.69) is 18.9 Å². The number of hydrogen-bond acceptors (Lipinski definition) is 1. The van der Waals surface area contributed by atoms with Crippen molar-refractivity contribution in [2.75, 3.05) is 0 Å². The van der Waals surface area contributed by atoms with Gasteiger partial charge in [-0.1, -0.05) is 20.3 Å². The lowest BCUT2D eigenvalue weighted by atomic mass is 10.3. The van der Waals surface area contributed by atoms with Gasteiger partial charge >= 0.3 is 0 Å². The Hall–Kier alpha value is -0.990. The van der Waals surface area contributed by atoms with Crippen LogP contribution >= 0.6 is 0 Å². The maximum absolute atomic E-state index is 11.4. The molecule has 0 aliphatic heterocycles. The monoisotopic (exact) mass is 182 g/mol. The Morgan fingerprint density at radius 3 is 2.77 bits per heavy atom. The Morgan fingerprint density at radius 2 is 2.23 bits per heavy atom. The summed E-state index contributed by atoms with van der Waals surface area (Å²) < 4.78 is 1.71. The highest BCUT2D eigenvalue weighted by molar-refractivity contribution is 5.00. The summed E-state index contributed by atoms with van der Waals surface area (Å²) in [4.78, 5) is 11.4. The molecule has 0 saturated heterocycles. The molecule has 1 unspecified atom stereocenters. The first-order valence-corrected chi connectivity index (χ1v) is 4.99. The highest BCUT2D eigenvalue weighted by Gasteiger charge is 2.06. The zero-order chi connectivity index (χ0) is 9.84. The lowest BCUT2D eigenvalue weighted by Gasteiger charge is -2.08. The number of aryl methyl sites for hydroxylation is 1. The summed E-state index contributed by atoms with van der Waals surface area (Å²) in [6, 6.07) is 1.98. The van der Waals surface area contributed by atoms with Crippen LogP contribution in [0.3, 0.4) is 0 Å². The lowest BCUT2D eigenvalue weighted by Crippen LogP contribution is -2.19. The summed E-state index contributed by atoms with van der Waals surface area (Å²) in [6.45, 7) is 6.24. The van der Waals surface area contributed by atoms with Gasteiger partial charge in [0.25, 0.3) is 5.56 Å². The number of H-pyrrole nitrogens is 1. The Kier molecular flexibility index (Phi) is 3.34. The minimum Gasteiger partial charge on any atom is -0.299 e. The molecule has 0 aromatic carbocycles. The Labute approximate surface area is 78.8 Å². The molecule has 1 N–H and O–H groups in total. The van der Waals surface area contributed by atoms with E-state index in [9.17, 15) is 4.79 Å². The van der Waals surface area contributed by atoms with Gasteiger partial charge in [0.1, 0.15) is 0 Å². The van der Waals surface area contributed by atoms with Gasteiger partial charge in [-0.3, -0.25) is 14.6 Å². The Morgan fingerprint density at radius 1 is 1.54 bits per heavy atom. The molecule has 0 bridgehead atoms. The average molecular weight is 182 g/mol. The molecule has 13 heavy (non-hydrogen) atoms. The molecule has 1 rings (SSSR count). The molecule has 0 radical (unpaired) electrons. The fourth-order valence-electron chi connectivity index (χ4n) is 1.37. The second kappa shape index (κ2) is 4.30. The van der Waals surface area contributed by atoms with Gasteiger partial charge in [-0.2, -0.15) is 0 Å².